The molecule has 4 aromatic rings. The number of hydrogen-bond donors (Lipinski definition) is 0. The Labute approximate surface area is 400 Å². The van der Waals surface area contributed by atoms with Crippen molar-refractivity contribution in [3.05, 3.63) is 54.7 Å². The summed E-state index contributed by atoms with van der Waals surface area (Å²) in [5, 5.41) is 12.6. The number of hydrogen-bond acceptors (Lipinski definition) is 4. The number of fused-ring (bicyclic) bond motifs is 3. The summed E-state index contributed by atoms with van der Waals surface area (Å²) >= 11 is 27.6. The van der Waals surface area contributed by atoms with Crippen LogP contribution in [0.1, 0.15) is 182 Å². The molecule has 0 aromatic carbocycles. The quantitative estimate of drug-likeness (QED) is 0.0289. The highest BCUT2D eigenvalue weighted by Gasteiger charge is 2.45. The minimum atomic E-state index is -1.90. The molecule has 328 valence electrons. The molecular weight excluding hydrogens is 992 g/mol. The van der Waals surface area contributed by atoms with E-state index in [-0.39, 0.29) is 0 Å². The van der Waals surface area contributed by atoms with Crippen LogP contribution in [0.2, 0.25) is 24.2 Å². The zero-order valence-corrected chi connectivity index (χ0v) is 46.5. The summed E-state index contributed by atoms with van der Waals surface area (Å²) in [5.41, 5.74) is 0. The normalized spacial score (nSPS) is 12.8. The second-order valence-corrected chi connectivity index (χ2v) is 33.8. The topological polar surface area (TPSA) is 0 Å². The van der Waals surface area contributed by atoms with Gasteiger partial charge in [-0.2, -0.15) is 0 Å². The molecule has 0 spiro atoms. The lowest BCUT2D eigenvalue weighted by atomic mass is 10.1. The molecule has 0 radical (unpaired) electrons. The van der Waals surface area contributed by atoms with E-state index in [1.54, 1.807) is 32.4 Å². The van der Waals surface area contributed by atoms with Gasteiger partial charge in [0.05, 0.1) is 9.75 Å². The lowest BCUT2D eigenvalue weighted by Crippen LogP contribution is -2.54. The lowest BCUT2D eigenvalue weighted by Gasteiger charge is -2.29. The van der Waals surface area contributed by atoms with Gasteiger partial charge in [0.15, 0.2) is 0 Å². The molecule has 5 heterocycles. The molecule has 0 bridgehead atoms. The molecule has 0 nitrogen and oxygen atoms in total. The first-order valence-electron chi connectivity index (χ1n) is 23.2. The van der Waals surface area contributed by atoms with E-state index in [0.717, 1.165) is 12.1 Å². The van der Waals surface area contributed by atoms with Crippen LogP contribution in [0.3, 0.4) is 0 Å². The van der Waals surface area contributed by atoms with E-state index >= 15 is 0 Å². The largest absolute Gasteiger partial charge is 0.251 e. The first-order valence-corrected chi connectivity index (χ1v) is 35.2. The predicted molar refractivity (Wildman–Crippen MR) is 286 cm³/mol. The molecule has 0 aliphatic carbocycles. The second kappa shape index (κ2) is 31.6. The summed E-state index contributed by atoms with van der Waals surface area (Å²) in [4.78, 5) is 5.92. The summed E-state index contributed by atoms with van der Waals surface area (Å²) in [6.45, 7) is 7.26. The Kier molecular flexibility index (Phi) is 28.9. The first-order chi connectivity index (χ1) is 28.2. The van der Waals surface area contributed by atoms with Crippen molar-refractivity contribution in [2.75, 3.05) is 0 Å². The van der Waals surface area contributed by atoms with Crippen molar-refractivity contribution in [2.45, 2.75) is 206 Å². The minimum absolute atomic E-state index is 1.11. The molecule has 0 N–H and O–H groups in total. The van der Waals surface area contributed by atoms with Gasteiger partial charge in [-0.3, -0.25) is 0 Å². The monoisotopic (exact) mass is 1060 g/mol. The van der Waals surface area contributed by atoms with Gasteiger partial charge in [-0.25, -0.2) is 0 Å². The molecule has 0 atom stereocenters. The van der Waals surface area contributed by atoms with Crippen LogP contribution in [0, 0.1) is 0 Å². The predicted octanol–water partition coefficient (Wildman–Crippen LogP) is 20.7. The van der Waals surface area contributed by atoms with Crippen molar-refractivity contribution in [3.63, 3.8) is 0 Å². The Hall–Kier alpha value is 0.774. The first kappa shape index (κ1) is 53.1. The van der Waals surface area contributed by atoms with Crippen LogP contribution in [-0.2, 0) is 0 Å². The van der Waals surface area contributed by atoms with Gasteiger partial charge in [-0.1, -0.05) is 194 Å². The van der Waals surface area contributed by atoms with Crippen LogP contribution in [0.4, 0.5) is 0 Å². The summed E-state index contributed by atoms with van der Waals surface area (Å²) in [5.74, 6) is 0. The number of thiophene rings is 4. The Balaban J connectivity index is 0.000000252. The van der Waals surface area contributed by atoms with Crippen molar-refractivity contribution in [3.8, 4) is 19.5 Å². The van der Waals surface area contributed by atoms with Gasteiger partial charge in [-0.05, 0) is 100 Å². The highest BCUT2D eigenvalue weighted by Crippen LogP contribution is 2.42. The fourth-order valence-electron chi connectivity index (χ4n) is 8.31. The lowest BCUT2D eigenvalue weighted by molar-refractivity contribution is 0.616. The van der Waals surface area contributed by atoms with Gasteiger partial charge in [0.25, 0.3) is 6.69 Å². The van der Waals surface area contributed by atoms with E-state index in [9.17, 15) is 0 Å². The van der Waals surface area contributed by atoms with Crippen molar-refractivity contribution in [2.24, 2.45) is 0 Å². The highest BCUT2D eigenvalue weighted by molar-refractivity contribution is 9.11. The van der Waals surface area contributed by atoms with Gasteiger partial charge in [0.2, 0.25) is 0 Å². The number of rotatable bonds is 29. The Morgan fingerprint density at radius 1 is 0.414 bits per heavy atom. The minimum Gasteiger partial charge on any atom is -0.146 e. The van der Waals surface area contributed by atoms with Crippen LogP contribution in [0.5, 0.6) is 0 Å². The fraction of sp³-hybridized carbons (Fsp3) is 0.667. The summed E-state index contributed by atoms with van der Waals surface area (Å²) in [6, 6.07) is 14.4. The van der Waals surface area contributed by atoms with Crippen molar-refractivity contribution >= 4 is 125 Å². The van der Waals surface area contributed by atoms with E-state index in [1.165, 1.54) is 185 Å². The van der Waals surface area contributed by atoms with Crippen molar-refractivity contribution in [1.82, 2.24) is 0 Å². The molecular formula is C48H76Br2Cl2S4Si2. The van der Waals surface area contributed by atoms with E-state index < -0.39 is 14.8 Å². The van der Waals surface area contributed by atoms with Gasteiger partial charge in [0, 0.05) is 18.7 Å². The van der Waals surface area contributed by atoms with Crippen LogP contribution < -0.4 is 10.4 Å². The molecule has 0 fully saturated rings. The average Bonchev–Trinajstić information content (AvgIpc) is 4.06. The van der Waals surface area contributed by atoms with Crippen molar-refractivity contribution < 1.29 is 0 Å². The average molecular weight is 1070 g/mol. The molecule has 10 heteroatoms. The number of unbranched alkanes of at least 4 members (excludes halogenated alkanes) is 20. The molecule has 4 aromatic heterocycles. The molecule has 58 heavy (non-hydrogen) atoms. The highest BCUT2D eigenvalue weighted by atomic mass is 79.9. The Bertz CT molecular complexity index is 1480. The van der Waals surface area contributed by atoms with Gasteiger partial charge >= 0.3 is 0 Å². The van der Waals surface area contributed by atoms with Crippen LogP contribution in [-0.4, -0.2) is 14.8 Å². The van der Waals surface area contributed by atoms with E-state index in [1.807, 2.05) is 33.0 Å². The maximum absolute atomic E-state index is 6.52. The fourth-order valence-corrected chi connectivity index (χ4v) is 24.3. The second-order valence-electron chi connectivity index (χ2n) is 16.5. The molecule has 1 aliphatic rings. The zero-order chi connectivity index (χ0) is 41.9. The number of halogens is 4. The Morgan fingerprint density at radius 3 is 1.03 bits per heavy atom. The van der Waals surface area contributed by atoms with E-state index in [2.05, 4.69) is 105 Å². The summed E-state index contributed by atoms with van der Waals surface area (Å²) < 4.78 is 2.35. The third-order valence-corrected chi connectivity index (χ3v) is 27.7. The zero-order valence-electron chi connectivity index (χ0n) is 36.6. The smallest absolute Gasteiger partial charge is 0.146 e. The van der Waals surface area contributed by atoms with E-state index in [4.69, 9.17) is 22.2 Å². The third-order valence-electron chi connectivity index (χ3n) is 11.7. The summed E-state index contributed by atoms with van der Waals surface area (Å²) in [6.07, 6.45) is 33.2. The molecule has 0 saturated carbocycles. The molecule has 0 saturated heterocycles. The van der Waals surface area contributed by atoms with Gasteiger partial charge in [-0.15, -0.1) is 67.5 Å². The standard InChI is InChI=1S/C24H38S2Si.C16H34Cl2Si.C8H4Br2S2/c1-3-5-7-9-11-13-19-27(20-14-12-10-8-6-4-2)21-15-17-25-23(21)24-22(27)16-18-26-24;1-3-5-7-9-11-13-15-19(17,18)16-14-12-10-8-6-4-2;9-5-1-3-11-7(5)8-6(10)2-4-12-8/h15-18H,3-14,19-20H2,1-2H3;3-16H2,1-2H3;1-4H. The Morgan fingerprint density at radius 2 is 0.707 bits per heavy atom. The van der Waals surface area contributed by atoms with Gasteiger partial charge < -0.3 is 0 Å². The maximum atomic E-state index is 6.52. The molecule has 0 unspecified atom stereocenters. The van der Waals surface area contributed by atoms with Crippen LogP contribution in [0.25, 0.3) is 19.5 Å². The van der Waals surface area contributed by atoms with Crippen LogP contribution in [0.15, 0.2) is 54.7 Å². The third kappa shape index (κ3) is 18.9. The molecule has 5 rings (SSSR count). The maximum Gasteiger partial charge on any atom is 0.251 e. The SMILES string of the molecule is Brc1ccsc1-c1sccc1Br.CCCCCCCC[Si](Cl)(Cl)CCCCCCCC.CCCCCCCC[Si]1(CCCCCCCC)c2ccsc2-c2sccc21. The molecule has 1 aliphatic heterocycles. The summed E-state index contributed by atoms with van der Waals surface area (Å²) in [7, 11) is -1.49. The molecule has 0 amide bonds. The van der Waals surface area contributed by atoms with E-state index in [0.29, 0.717) is 0 Å². The van der Waals surface area contributed by atoms with Crippen LogP contribution >= 0.6 is 99.4 Å². The van der Waals surface area contributed by atoms with Gasteiger partial charge in [0.1, 0.15) is 8.07 Å². The van der Waals surface area contributed by atoms with Crippen molar-refractivity contribution in [1.29, 1.82) is 0 Å².